The second-order valence-corrected chi connectivity index (χ2v) is 3.43. The number of carbonyl (C=O) groups is 2. The first kappa shape index (κ1) is 10.7. The molecule has 74 valence electrons. The number of amides is 1. The normalized spacial score (nSPS) is 9.64. The van der Waals surface area contributed by atoms with Crippen molar-refractivity contribution in [2.45, 2.75) is 0 Å². The van der Waals surface area contributed by atoms with Crippen LogP contribution in [0.25, 0.3) is 0 Å². The number of rotatable bonds is 2. The van der Waals surface area contributed by atoms with E-state index in [0.717, 1.165) is 0 Å². The minimum atomic E-state index is -0.266. The summed E-state index contributed by atoms with van der Waals surface area (Å²) in [5.74, 6) is -0.266. The Morgan fingerprint density at radius 2 is 2.07 bits per heavy atom. The van der Waals surface area contributed by atoms with Gasteiger partial charge in [0.15, 0.2) is 6.29 Å². The summed E-state index contributed by atoms with van der Waals surface area (Å²) in [5, 5.41) is 0.299. The highest BCUT2D eigenvalue weighted by atomic mass is 35.5. The summed E-state index contributed by atoms with van der Waals surface area (Å²) < 4.78 is 0. The Morgan fingerprint density at radius 1 is 1.43 bits per heavy atom. The second kappa shape index (κ2) is 4.24. The van der Waals surface area contributed by atoms with Crippen LogP contribution in [0, 0.1) is 0 Å². The van der Waals surface area contributed by atoms with E-state index >= 15 is 0 Å². The Labute approximate surface area is 87.3 Å². The highest BCUT2D eigenvalue weighted by molar-refractivity contribution is 6.34. The molecule has 0 saturated heterocycles. The minimum Gasteiger partial charge on any atom is -0.345 e. The van der Waals surface area contributed by atoms with Crippen molar-refractivity contribution in [3.05, 3.63) is 34.3 Å². The Balaban J connectivity index is 3.30. The maximum atomic E-state index is 11.6. The lowest BCUT2D eigenvalue weighted by atomic mass is 10.1. The Kier molecular flexibility index (Phi) is 3.25. The van der Waals surface area contributed by atoms with Crippen LogP contribution in [0.3, 0.4) is 0 Å². The minimum absolute atomic E-state index is 0.258. The van der Waals surface area contributed by atoms with E-state index < -0.39 is 0 Å². The molecule has 0 spiro atoms. The zero-order valence-electron chi connectivity index (χ0n) is 7.95. The maximum Gasteiger partial charge on any atom is 0.255 e. The van der Waals surface area contributed by atoms with Gasteiger partial charge in [-0.3, -0.25) is 9.59 Å². The van der Waals surface area contributed by atoms with Gasteiger partial charge in [-0.15, -0.1) is 0 Å². The summed E-state index contributed by atoms with van der Waals surface area (Å²) >= 11 is 5.84. The number of hydrogen-bond acceptors (Lipinski definition) is 2. The molecule has 0 aliphatic carbocycles. The smallest absolute Gasteiger partial charge is 0.255 e. The van der Waals surface area contributed by atoms with Gasteiger partial charge in [-0.2, -0.15) is 0 Å². The van der Waals surface area contributed by atoms with Gasteiger partial charge in [0.1, 0.15) is 0 Å². The molecule has 1 aromatic rings. The quantitative estimate of drug-likeness (QED) is 0.701. The number of carbonyl (C=O) groups excluding carboxylic acids is 2. The van der Waals surface area contributed by atoms with Crippen molar-refractivity contribution < 1.29 is 9.59 Å². The first-order valence-electron chi connectivity index (χ1n) is 4.03. The van der Waals surface area contributed by atoms with E-state index in [1.807, 2.05) is 0 Å². The first-order valence-corrected chi connectivity index (χ1v) is 4.41. The van der Waals surface area contributed by atoms with Crippen molar-refractivity contribution >= 4 is 23.8 Å². The van der Waals surface area contributed by atoms with Gasteiger partial charge in [0.25, 0.3) is 5.91 Å². The standard InChI is InChI=1S/C10H10ClNO2/c1-12(2)10(14)9-7(6-13)4-3-5-8(9)11/h3-6H,1-2H3. The van der Waals surface area contributed by atoms with E-state index in [-0.39, 0.29) is 11.5 Å². The molecule has 14 heavy (non-hydrogen) atoms. The van der Waals surface area contributed by atoms with Gasteiger partial charge in [-0.05, 0) is 6.07 Å². The molecule has 0 unspecified atom stereocenters. The van der Waals surface area contributed by atoms with Gasteiger partial charge in [0.2, 0.25) is 0 Å². The van der Waals surface area contributed by atoms with E-state index in [4.69, 9.17) is 11.6 Å². The first-order chi connectivity index (χ1) is 6.57. The van der Waals surface area contributed by atoms with Crippen molar-refractivity contribution in [2.75, 3.05) is 14.1 Å². The maximum absolute atomic E-state index is 11.6. The van der Waals surface area contributed by atoms with E-state index in [1.54, 1.807) is 32.3 Å². The van der Waals surface area contributed by atoms with Gasteiger partial charge < -0.3 is 4.90 Å². The fourth-order valence-electron chi connectivity index (χ4n) is 1.09. The largest absolute Gasteiger partial charge is 0.345 e. The third-order valence-electron chi connectivity index (χ3n) is 1.79. The van der Waals surface area contributed by atoms with E-state index in [1.165, 1.54) is 4.90 Å². The molecule has 0 N–H and O–H groups in total. The molecule has 0 atom stereocenters. The van der Waals surface area contributed by atoms with Crippen LogP contribution in [0.15, 0.2) is 18.2 Å². The molecule has 0 fully saturated rings. The van der Waals surface area contributed by atoms with Crippen LogP contribution in [0.4, 0.5) is 0 Å². The molecule has 0 saturated carbocycles. The molecule has 0 aliphatic heterocycles. The summed E-state index contributed by atoms with van der Waals surface area (Å²) in [6.07, 6.45) is 0.628. The van der Waals surface area contributed by atoms with Crippen molar-refractivity contribution in [2.24, 2.45) is 0 Å². The van der Waals surface area contributed by atoms with Crippen molar-refractivity contribution in [3.63, 3.8) is 0 Å². The lowest BCUT2D eigenvalue weighted by Gasteiger charge is -2.12. The average molecular weight is 212 g/mol. The van der Waals surface area contributed by atoms with Gasteiger partial charge in [-0.1, -0.05) is 23.7 Å². The molecule has 0 bridgehead atoms. The second-order valence-electron chi connectivity index (χ2n) is 3.02. The number of benzene rings is 1. The van der Waals surface area contributed by atoms with Gasteiger partial charge >= 0.3 is 0 Å². The Bertz CT molecular complexity index is 374. The highest BCUT2D eigenvalue weighted by Gasteiger charge is 2.16. The van der Waals surface area contributed by atoms with E-state index in [0.29, 0.717) is 16.9 Å². The Hall–Kier alpha value is -1.35. The third-order valence-corrected chi connectivity index (χ3v) is 2.11. The predicted molar refractivity (Wildman–Crippen MR) is 54.9 cm³/mol. The van der Waals surface area contributed by atoms with Crippen molar-refractivity contribution in [3.8, 4) is 0 Å². The average Bonchev–Trinajstić information content (AvgIpc) is 2.16. The number of hydrogen-bond donors (Lipinski definition) is 0. The fraction of sp³-hybridized carbons (Fsp3) is 0.200. The molecule has 0 aromatic heterocycles. The molecule has 1 aromatic carbocycles. The van der Waals surface area contributed by atoms with Crippen LogP contribution in [0.5, 0.6) is 0 Å². The molecule has 1 rings (SSSR count). The monoisotopic (exact) mass is 211 g/mol. The zero-order valence-corrected chi connectivity index (χ0v) is 8.71. The van der Waals surface area contributed by atoms with Crippen LogP contribution in [-0.2, 0) is 0 Å². The summed E-state index contributed by atoms with van der Waals surface area (Å²) in [4.78, 5) is 23.7. The molecular weight excluding hydrogens is 202 g/mol. The predicted octanol–water partition coefficient (Wildman–Crippen LogP) is 1.85. The van der Waals surface area contributed by atoms with Gasteiger partial charge in [-0.25, -0.2) is 0 Å². The molecule has 0 radical (unpaired) electrons. The van der Waals surface area contributed by atoms with E-state index in [9.17, 15) is 9.59 Å². The summed E-state index contributed by atoms with van der Waals surface area (Å²) in [5.41, 5.74) is 0.574. The van der Waals surface area contributed by atoms with Crippen LogP contribution in [0.1, 0.15) is 20.7 Å². The zero-order chi connectivity index (χ0) is 10.7. The van der Waals surface area contributed by atoms with Crippen molar-refractivity contribution in [1.29, 1.82) is 0 Å². The Morgan fingerprint density at radius 3 is 2.57 bits per heavy atom. The van der Waals surface area contributed by atoms with Crippen LogP contribution < -0.4 is 0 Å². The molecule has 4 heteroatoms. The number of nitrogens with zero attached hydrogens (tertiary/aromatic N) is 1. The summed E-state index contributed by atoms with van der Waals surface area (Å²) in [6.45, 7) is 0. The van der Waals surface area contributed by atoms with E-state index in [2.05, 4.69) is 0 Å². The SMILES string of the molecule is CN(C)C(=O)c1c(Cl)cccc1C=O. The lowest BCUT2D eigenvalue weighted by Crippen LogP contribution is -2.23. The molecule has 3 nitrogen and oxygen atoms in total. The van der Waals surface area contributed by atoms with Gasteiger partial charge in [0, 0.05) is 19.7 Å². The molecule has 1 amide bonds. The van der Waals surface area contributed by atoms with Crippen LogP contribution in [-0.4, -0.2) is 31.2 Å². The lowest BCUT2D eigenvalue weighted by molar-refractivity contribution is 0.0824. The summed E-state index contributed by atoms with van der Waals surface area (Å²) in [6, 6.07) is 4.79. The van der Waals surface area contributed by atoms with Crippen LogP contribution >= 0.6 is 11.6 Å². The van der Waals surface area contributed by atoms with Crippen molar-refractivity contribution in [1.82, 2.24) is 4.90 Å². The van der Waals surface area contributed by atoms with Crippen LogP contribution in [0.2, 0.25) is 5.02 Å². The molecule has 0 heterocycles. The molecular formula is C10H10ClNO2. The molecule has 0 aliphatic rings. The fourth-order valence-corrected chi connectivity index (χ4v) is 1.35. The number of aldehydes is 1. The highest BCUT2D eigenvalue weighted by Crippen LogP contribution is 2.19. The topological polar surface area (TPSA) is 37.4 Å². The third kappa shape index (κ3) is 1.93. The number of halogens is 1. The summed E-state index contributed by atoms with van der Waals surface area (Å²) in [7, 11) is 3.22. The van der Waals surface area contributed by atoms with Gasteiger partial charge in [0.05, 0.1) is 10.6 Å².